The number of nitrogens with two attached hydrogens (primary N) is 1. The first-order valence-electron chi connectivity index (χ1n) is 13.2. The Morgan fingerprint density at radius 2 is 1.90 bits per heavy atom. The number of ether oxygens (including phenoxy) is 1. The summed E-state index contributed by atoms with van der Waals surface area (Å²) in [5, 5.41) is 8.94. The van der Waals surface area contributed by atoms with Crippen LogP contribution in [0, 0.1) is 0 Å². The zero-order valence-corrected chi connectivity index (χ0v) is 26.4. The summed E-state index contributed by atoms with van der Waals surface area (Å²) in [7, 11) is 1.29. The van der Waals surface area contributed by atoms with E-state index in [0.29, 0.717) is 36.8 Å². The summed E-state index contributed by atoms with van der Waals surface area (Å²) in [5.74, 6) is 0.0480. The van der Waals surface area contributed by atoms with Crippen LogP contribution < -0.4 is 21.7 Å². The molecule has 10 nitrogen and oxygen atoms in total. The van der Waals surface area contributed by atoms with Crippen molar-refractivity contribution in [3.05, 3.63) is 35.4 Å². The van der Waals surface area contributed by atoms with Crippen molar-refractivity contribution in [2.24, 2.45) is 5.73 Å². The quantitative estimate of drug-likeness (QED) is 0.112. The highest BCUT2D eigenvalue weighted by Gasteiger charge is 2.43. The van der Waals surface area contributed by atoms with Gasteiger partial charge in [0.15, 0.2) is 0 Å². The Morgan fingerprint density at radius 3 is 2.50 bits per heavy atom. The number of nitrogens with one attached hydrogen (secondary N) is 3. The maximum absolute atomic E-state index is 14.3. The van der Waals surface area contributed by atoms with Crippen molar-refractivity contribution in [3.63, 3.8) is 0 Å². The predicted molar refractivity (Wildman–Crippen MR) is 165 cm³/mol. The van der Waals surface area contributed by atoms with E-state index in [1.54, 1.807) is 16.7 Å². The Morgan fingerprint density at radius 1 is 1.23 bits per heavy atom. The number of hydrogen-bond acceptors (Lipinski definition) is 10. The summed E-state index contributed by atoms with van der Waals surface area (Å²) in [6.45, 7) is 5.86. The Hall–Kier alpha value is -1.93. The minimum absolute atomic E-state index is 0.165. The second-order valence-corrected chi connectivity index (χ2v) is 13.2. The molecule has 224 valence electrons. The molecule has 0 saturated carbocycles. The second kappa shape index (κ2) is 16.5. The van der Waals surface area contributed by atoms with Crippen LogP contribution in [0.15, 0.2) is 24.3 Å². The molecule has 40 heavy (non-hydrogen) atoms. The second-order valence-electron chi connectivity index (χ2n) is 10.2. The monoisotopic (exact) mass is 613 g/mol. The van der Waals surface area contributed by atoms with Crippen molar-refractivity contribution in [2.75, 3.05) is 37.3 Å². The standard InChI is InChI=1S/C27H43N5O5S3/c1-17(33)30-16-40-27(2,3)23(29-13-20(28)15-38)25(35)32-14-19-9-7-6-8-18(19)12-22(32)24(34)31-21(10-11-39-5)26(36)37-4/h6-9,20-23,29,38H,10-16,28H2,1-5H3,(H,30,33)(H,31,34). The van der Waals surface area contributed by atoms with Crippen molar-refractivity contribution in [1.29, 1.82) is 0 Å². The van der Waals surface area contributed by atoms with Crippen LogP contribution in [-0.4, -0.2) is 94.8 Å². The van der Waals surface area contributed by atoms with Crippen LogP contribution in [0.5, 0.6) is 0 Å². The first-order chi connectivity index (χ1) is 18.9. The van der Waals surface area contributed by atoms with Crippen molar-refractivity contribution in [1.82, 2.24) is 20.9 Å². The lowest BCUT2D eigenvalue weighted by atomic mass is 9.91. The third kappa shape index (κ3) is 9.86. The number of nitrogens with zero attached hydrogens (tertiary/aromatic N) is 1. The molecular weight excluding hydrogens is 571 g/mol. The van der Waals surface area contributed by atoms with E-state index in [2.05, 4.69) is 28.6 Å². The molecule has 3 amide bonds. The number of hydrogen-bond donors (Lipinski definition) is 5. The molecule has 1 aliphatic heterocycles. The van der Waals surface area contributed by atoms with Gasteiger partial charge in [-0.1, -0.05) is 24.3 Å². The van der Waals surface area contributed by atoms with E-state index in [-0.39, 0.29) is 24.4 Å². The fourth-order valence-corrected chi connectivity index (χ4v) is 6.02. The first-order valence-corrected chi connectivity index (χ1v) is 16.2. The summed E-state index contributed by atoms with van der Waals surface area (Å²) >= 11 is 7.26. The van der Waals surface area contributed by atoms with E-state index in [4.69, 9.17) is 10.5 Å². The number of carbonyl (C=O) groups excluding carboxylic acids is 4. The van der Waals surface area contributed by atoms with Crippen LogP contribution in [-0.2, 0) is 36.9 Å². The molecule has 0 aromatic heterocycles. The molecule has 2 rings (SSSR count). The van der Waals surface area contributed by atoms with E-state index in [0.717, 1.165) is 11.1 Å². The molecule has 5 N–H and O–H groups in total. The van der Waals surface area contributed by atoms with E-state index in [1.165, 1.54) is 25.8 Å². The van der Waals surface area contributed by atoms with Crippen LogP contribution in [0.3, 0.4) is 0 Å². The van der Waals surface area contributed by atoms with Gasteiger partial charge in [-0.15, -0.1) is 11.8 Å². The van der Waals surface area contributed by atoms with Gasteiger partial charge < -0.3 is 31.3 Å². The van der Waals surface area contributed by atoms with Crippen LogP contribution in [0.1, 0.15) is 38.3 Å². The van der Waals surface area contributed by atoms with E-state index in [1.807, 2.05) is 44.4 Å². The zero-order valence-electron chi connectivity index (χ0n) is 23.9. The van der Waals surface area contributed by atoms with Gasteiger partial charge in [-0.3, -0.25) is 14.4 Å². The molecule has 0 saturated heterocycles. The van der Waals surface area contributed by atoms with Crippen LogP contribution >= 0.6 is 36.2 Å². The molecule has 13 heteroatoms. The Balaban J connectivity index is 2.42. The largest absolute Gasteiger partial charge is 0.467 e. The lowest BCUT2D eigenvalue weighted by molar-refractivity contribution is -0.148. The molecular formula is C27H43N5O5S3. The number of thiol groups is 1. The van der Waals surface area contributed by atoms with Crippen molar-refractivity contribution in [3.8, 4) is 0 Å². The van der Waals surface area contributed by atoms with Gasteiger partial charge in [0, 0.05) is 43.0 Å². The predicted octanol–water partition coefficient (Wildman–Crippen LogP) is 1.17. The van der Waals surface area contributed by atoms with Gasteiger partial charge in [-0.2, -0.15) is 24.4 Å². The van der Waals surface area contributed by atoms with Crippen LogP contribution in [0.2, 0.25) is 0 Å². The third-order valence-corrected chi connectivity index (χ3v) is 9.15. The fourth-order valence-electron chi connectivity index (χ4n) is 4.42. The summed E-state index contributed by atoms with van der Waals surface area (Å²) in [5.41, 5.74) is 8.06. The van der Waals surface area contributed by atoms with Crippen LogP contribution in [0.4, 0.5) is 0 Å². The van der Waals surface area contributed by atoms with Crippen molar-refractivity contribution < 1.29 is 23.9 Å². The summed E-state index contributed by atoms with van der Waals surface area (Å²) in [4.78, 5) is 53.6. The van der Waals surface area contributed by atoms with Gasteiger partial charge in [0.1, 0.15) is 18.1 Å². The van der Waals surface area contributed by atoms with E-state index >= 15 is 0 Å². The third-order valence-electron chi connectivity index (χ3n) is 6.77. The fraction of sp³-hybridized carbons (Fsp3) is 0.630. The minimum Gasteiger partial charge on any atom is -0.467 e. The molecule has 0 aliphatic carbocycles. The highest BCUT2D eigenvalue weighted by molar-refractivity contribution is 8.00. The SMILES string of the molecule is COC(=O)C(CCSC)NC(=O)C1Cc2ccccc2CN1C(=O)C(NCC(N)CS)C(C)(C)SCNC(C)=O. The van der Waals surface area contributed by atoms with Gasteiger partial charge in [0.2, 0.25) is 17.7 Å². The Labute approximate surface area is 251 Å². The summed E-state index contributed by atoms with van der Waals surface area (Å²) in [6, 6.07) is 5.07. The minimum atomic E-state index is -0.831. The molecule has 1 aromatic carbocycles. The highest BCUT2D eigenvalue weighted by atomic mass is 32.2. The number of rotatable bonds is 15. The van der Waals surface area contributed by atoms with Gasteiger partial charge in [-0.05, 0) is 43.4 Å². The van der Waals surface area contributed by atoms with Crippen molar-refractivity contribution in [2.45, 2.75) is 69.1 Å². The van der Waals surface area contributed by atoms with E-state index < -0.39 is 34.7 Å². The normalized spacial score (nSPS) is 17.3. The number of carbonyl (C=O) groups is 4. The van der Waals surface area contributed by atoms with E-state index in [9.17, 15) is 19.2 Å². The maximum Gasteiger partial charge on any atom is 0.328 e. The number of benzene rings is 1. The highest BCUT2D eigenvalue weighted by Crippen LogP contribution is 2.32. The topological polar surface area (TPSA) is 143 Å². The van der Waals surface area contributed by atoms with Crippen molar-refractivity contribution >= 4 is 59.8 Å². The van der Waals surface area contributed by atoms with Crippen LogP contribution in [0.25, 0.3) is 0 Å². The smallest absolute Gasteiger partial charge is 0.328 e. The lowest BCUT2D eigenvalue weighted by Gasteiger charge is -2.42. The van der Waals surface area contributed by atoms with Gasteiger partial charge in [-0.25, -0.2) is 4.79 Å². The number of methoxy groups -OCH3 is 1. The molecule has 1 heterocycles. The lowest BCUT2D eigenvalue weighted by Crippen LogP contribution is -2.63. The molecule has 1 aromatic rings. The Bertz CT molecular complexity index is 1030. The molecule has 1 aliphatic rings. The number of fused-ring (bicyclic) bond motifs is 1. The molecule has 0 bridgehead atoms. The number of esters is 1. The average molecular weight is 614 g/mol. The van der Waals surface area contributed by atoms with Gasteiger partial charge >= 0.3 is 5.97 Å². The molecule has 0 fully saturated rings. The molecule has 0 spiro atoms. The maximum atomic E-state index is 14.3. The number of amides is 3. The molecule has 4 unspecified atom stereocenters. The van der Waals surface area contributed by atoms with Gasteiger partial charge in [0.25, 0.3) is 0 Å². The molecule has 0 radical (unpaired) electrons. The average Bonchev–Trinajstić information content (AvgIpc) is 2.93. The number of thioether (sulfide) groups is 2. The summed E-state index contributed by atoms with van der Waals surface area (Å²) < 4.78 is 4.25. The van der Waals surface area contributed by atoms with Gasteiger partial charge in [0.05, 0.1) is 13.0 Å². The molecule has 4 atom stereocenters. The Kier molecular flexibility index (Phi) is 14.1. The summed E-state index contributed by atoms with van der Waals surface area (Å²) in [6.07, 6.45) is 2.65. The first kappa shape index (κ1) is 34.3. The zero-order chi connectivity index (χ0) is 29.9.